The third kappa shape index (κ3) is 2.68. The number of hydrogen-bond acceptors (Lipinski definition) is 5. The molecule has 0 unspecified atom stereocenters. The molecule has 2 aromatic heterocycles. The van der Waals surface area contributed by atoms with Gasteiger partial charge in [-0.1, -0.05) is 11.3 Å². The number of carbonyl (C=O) groups excluding carboxylic acids is 1. The lowest BCUT2D eigenvalue weighted by Gasteiger charge is -2.01. The van der Waals surface area contributed by atoms with Crippen LogP contribution >= 0.6 is 0 Å². The molecule has 24 heavy (non-hydrogen) atoms. The predicted molar refractivity (Wildman–Crippen MR) is 88.0 cm³/mol. The number of hydrogen-bond donors (Lipinski definition) is 0. The number of esters is 1. The van der Waals surface area contributed by atoms with Crippen molar-refractivity contribution in [1.82, 2.24) is 15.0 Å². The molecule has 0 amide bonds. The Morgan fingerprint density at radius 2 is 2.21 bits per heavy atom. The summed E-state index contributed by atoms with van der Waals surface area (Å²) in [6, 6.07) is 8.42. The molecule has 0 bridgehead atoms. The molecule has 0 radical (unpaired) electrons. The maximum Gasteiger partial charge on any atom is 0.360 e. The third-order valence-corrected chi connectivity index (χ3v) is 4.40. The zero-order valence-corrected chi connectivity index (χ0v) is 13.8. The second kappa shape index (κ2) is 5.78. The van der Waals surface area contributed by atoms with E-state index in [0.717, 1.165) is 22.6 Å². The van der Waals surface area contributed by atoms with Crippen LogP contribution < -0.4 is 0 Å². The quantitative estimate of drug-likeness (QED) is 0.672. The van der Waals surface area contributed by atoms with E-state index < -0.39 is 5.97 Å². The van der Waals surface area contributed by atoms with Crippen LogP contribution in [-0.2, 0) is 11.3 Å². The number of rotatable bonds is 5. The van der Waals surface area contributed by atoms with E-state index in [4.69, 9.17) is 9.15 Å². The fraction of sp³-hybridized carbons (Fsp3) is 0.389. The van der Waals surface area contributed by atoms with Crippen molar-refractivity contribution in [3.63, 3.8) is 0 Å². The minimum atomic E-state index is -0.445. The summed E-state index contributed by atoms with van der Waals surface area (Å²) in [5.74, 6) is 1.07. The highest BCUT2D eigenvalue weighted by atomic mass is 16.5. The van der Waals surface area contributed by atoms with Gasteiger partial charge in [0.25, 0.3) is 0 Å². The first-order valence-corrected chi connectivity index (χ1v) is 8.25. The second-order valence-electron chi connectivity index (χ2n) is 6.19. The number of aromatic nitrogens is 3. The molecule has 0 spiro atoms. The maximum atomic E-state index is 11.8. The molecule has 124 valence electrons. The summed E-state index contributed by atoms with van der Waals surface area (Å²) in [5, 5.41) is 9.08. The van der Waals surface area contributed by atoms with Gasteiger partial charge in [0, 0.05) is 5.39 Å². The number of benzene rings is 1. The van der Waals surface area contributed by atoms with Gasteiger partial charge in [-0.2, -0.15) is 0 Å². The van der Waals surface area contributed by atoms with Crippen molar-refractivity contribution in [1.29, 1.82) is 0 Å². The van der Waals surface area contributed by atoms with Crippen LogP contribution in [0.1, 0.15) is 53.2 Å². The number of fused-ring (bicyclic) bond motifs is 1. The zero-order valence-electron chi connectivity index (χ0n) is 13.8. The van der Waals surface area contributed by atoms with E-state index in [0.29, 0.717) is 18.8 Å². The molecule has 6 heteroatoms. The first-order chi connectivity index (χ1) is 11.7. The first kappa shape index (κ1) is 14.9. The van der Waals surface area contributed by atoms with Crippen LogP contribution in [0.25, 0.3) is 11.0 Å². The summed E-state index contributed by atoms with van der Waals surface area (Å²) < 4.78 is 12.5. The van der Waals surface area contributed by atoms with Crippen molar-refractivity contribution in [3.8, 4) is 0 Å². The van der Waals surface area contributed by atoms with Crippen LogP contribution in [0, 0.1) is 6.92 Å². The average Bonchev–Trinajstić information content (AvgIpc) is 3.25. The van der Waals surface area contributed by atoms with Crippen LogP contribution in [0.2, 0.25) is 0 Å². The number of furan rings is 1. The molecule has 2 heterocycles. The molecule has 4 rings (SSSR count). The third-order valence-electron chi connectivity index (χ3n) is 4.40. The van der Waals surface area contributed by atoms with Gasteiger partial charge in [-0.15, -0.1) is 5.10 Å². The van der Waals surface area contributed by atoms with Gasteiger partial charge in [0.05, 0.1) is 12.3 Å². The van der Waals surface area contributed by atoms with E-state index in [2.05, 4.69) is 22.4 Å². The Kier molecular flexibility index (Phi) is 3.59. The lowest BCUT2D eigenvalue weighted by Crippen LogP contribution is -2.08. The minimum Gasteiger partial charge on any atom is -0.461 e. The summed E-state index contributed by atoms with van der Waals surface area (Å²) in [6.45, 7) is 4.33. The Balaban J connectivity index is 1.59. The van der Waals surface area contributed by atoms with Crippen LogP contribution in [0.3, 0.4) is 0 Å². The summed E-state index contributed by atoms with van der Waals surface area (Å²) in [5.41, 5.74) is 3.19. The van der Waals surface area contributed by atoms with Crippen LogP contribution in [0.4, 0.5) is 0 Å². The van der Waals surface area contributed by atoms with Crippen molar-refractivity contribution < 1.29 is 13.9 Å². The zero-order chi connectivity index (χ0) is 16.7. The monoisotopic (exact) mass is 325 g/mol. The normalized spacial score (nSPS) is 14.2. The van der Waals surface area contributed by atoms with E-state index in [9.17, 15) is 4.79 Å². The van der Waals surface area contributed by atoms with E-state index in [-0.39, 0.29) is 5.69 Å². The Morgan fingerprint density at radius 3 is 2.96 bits per heavy atom. The van der Waals surface area contributed by atoms with Crippen molar-refractivity contribution in [2.75, 3.05) is 6.61 Å². The SMILES string of the molecule is CCOC(=O)c1nnn(Cc2cc3cc(C4CC4)ccc3o2)c1C. The van der Waals surface area contributed by atoms with Gasteiger partial charge < -0.3 is 9.15 Å². The highest BCUT2D eigenvalue weighted by molar-refractivity contribution is 5.88. The van der Waals surface area contributed by atoms with Gasteiger partial charge in [0.15, 0.2) is 5.69 Å². The largest absolute Gasteiger partial charge is 0.461 e. The summed E-state index contributed by atoms with van der Waals surface area (Å²) in [4.78, 5) is 11.8. The molecule has 1 saturated carbocycles. The topological polar surface area (TPSA) is 70.2 Å². The molecule has 1 aliphatic rings. The highest BCUT2D eigenvalue weighted by Crippen LogP contribution is 2.41. The summed E-state index contributed by atoms with van der Waals surface area (Å²) in [6.07, 6.45) is 2.57. The van der Waals surface area contributed by atoms with Gasteiger partial charge >= 0.3 is 5.97 Å². The summed E-state index contributed by atoms with van der Waals surface area (Å²) in [7, 11) is 0. The molecule has 0 saturated heterocycles. The molecule has 0 atom stereocenters. The Hall–Kier alpha value is -2.63. The van der Waals surface area contributed by atoms with Gasteiger partial charge in [-0.05, 0) is 56.4 Å². The van der Waals surface area contributed by atoms with Crippen molar-refractivity contribution in [2.45, 2.75) is 39.2 Å². The van der Waals surface area contributed by atoms with Gasteiger partial charge in [-0.3, -0.25) is 0 Å². The Morgan fingerprint density at radius 1 is 1.38 bits per heavy atom. The molecule has 1 aromatic carbocycles. The molecular formula is C18H19N3O3. The highest BCUT2D eigenvalue weighted by Gasteiger charge is 2.24. The fourth-order valence-corrected chi connectivity index (χ4v) is 2.91. The minimum absolute atomic E-state index is 0.254. The standard InChI is InChI=1S/C18H19N3O3/c1-3-23-18(22)17-11(2)21(20-19-17)10-15-9-14-8-13(12-4-5-12)6-7-16(14)24-15/h6-9,12H,3-5,10H2,1-2H3. The smallest absolute Gasteiger partial charge is 0.360 e. The number of carbonyl (C=O) groups is 1. The van der Waals surface area contributed by atoms with E-state index in [1.165, 1.54) is 18.4 Å². The molecule has 1 aliphatic carbocycles. The van der Waals surface area contributed by atoms with E-state index >= 15 is 0 Å². The number of ether oxygens (including phenoxy) is 1. The lowest BCUT2D eigenvalue weighted by molar-refractivity contribution is 0.0518. The Bertz CT molecular complexity index is 906. The van der Waals surface area contributed by atoms with Crippen molar-refractivity contribution >= 4 is 16.9 Å². The van der Waals surface area contributed by atoms with E-state index in [1.807, 2.05) is 12.1 Å². The average molecular weight is 325 g/mol. The molecule has 0 aliphatic heterocycles. The summed E-state index contributed by atoms with van der Waals surface area (Å²) >= 11 is 0. The second-order valence-corrected chi connectivity index (χ2v) is 6.19. The first-order valence-electron chi connectivity index (χ1n) is 8.25. The van der Waals surface area contributed by atoms with Crippen LogP contribution in [-0.4, -0.2) is 27.6 Å². The molecule has 0 N–H and O–H groups in total. The van der Waals surface area contributed by atoms with Crippen LogP contribution in [0.5, 0.6) is 0 Å². The lowest BCUT2D eigenvalue weighted by atomic mass is 10.1. The number of nitrogens with zero attached hydrogens (tertiary/aromatic N) is 3. The molecule has 3 aromatic rings. The molecule has 6 nitrogen and oxygen atoms in total. The van der Waals surface area contributed by atoms with Crippen molar-refractivity contribution in [2.24, 2.45) is 0 Å². The molecule has 1 fully saturated rings. The molecular weight excluding hydrogens is 306 g/mol. The van der Waals surface area contributed by atoms with Gasteiger partial charge in [0.1, 0.15) is 17.9 Å². The van der Waals surface area contributed by atoms with Crippen molar-refractivity contribution in [3.05, 3.63) is 47.0 Å². The maximum absolute atomic E-state index is 11.8. The predicted octanol–water partition coefficient (Wildman–Crippen LogP) is 3.44. The van der Waals surface area contributed by atoms with Crippen LogP contribution in [0.15, 0.2) is 28.7 Å². The Labute approximate surface area is 139 Å². The van der Waals surface area contributed by atoms with Gasteiger partial charge in [0.2, 0.25) is 0 Å². The van der Waals surface area contributed by atoms with E-state index in [1.54, 1.807) is 18.5 Å². The van der Waals surface area contributed by atoms with Gasteiger partial charge in [-0.25, -0.2) is 9.48 Å². The fourth-order valence-electron chi connectivity index (χ4n) is 2.91.